The van der Waals surface area contributed by atoms with Gasteiger partial charge in [0.15, 0.2) is 4.96 Å². The second kappa shape index (κ2) is 7.64. The van der Waals surface area contributed by atoms with Crippen LogP contribution in [0.3, 0.4) is 0 Å². The van der Waals surface area contributed by atoms with Crippen molar-refractivity contribution in [2.24, 2.45) is 0 Å². The Morgan fingerprint density at radius 1 is 1.25 bits per heavy atom. The first-order valence-corrected chi connectivity index (χ1v) is 10.7. The van der Waals surface area contributed by atoms with Crippen LogP contribution in [0.2, 0.25) is 0 Å². The van der Waals surface area contributed by atoms with Crippen molar-refractivity contribution >= 4 is 33.2 Å². The molecule has 1 fully saturated rings. The lowest BCUT2D eigenvalue weighted by atomic mass is 10.0. The molecule has 6 nitrogen and oxygen atoms in total. The molecule has 1 amide bonds. The molecule has 1 unspecified atom stereocenters. The Morgan fingerprint density at radius 3 is 2.82 bits per heavy atom. The van der Waals surface area contributed by atoms with Gasteiger partial charge in [-0.3, -0.25) is 18.9 Å². The maximum absolute atomic E-state index is 12.7. The summed E-state index contributed by atoms with van der Waals surface area (Å²) in [5.41, 5.74) is 3.62. The zero-order valence-electron chi connectivity index (χ0n) is 16.6. The predicted molar refractivity (Wildman–Crippen MR) is 114 cm³/mol. The van der Waals surface area contributed by atoms with Gasteiger partial charge in [0.1, 0.15) is 4.88 Å². The third-order valence-corrected chi connectivity index (χ3v) is 6.74. The number of aromatic nitrogens is 2. The first-order chi connectivity index (χ1) is 13.4. The van der Waals surface area contributed by atoms with Gasteiger partial charge < -0.3 is 5.32 Å². The summed E-state index contributed by atoms with van der Waals surface area (Å²) in [6, 6.07) is 5.97. The minimum Gasteiger partial charge on any atom is -0.350 e. The van der Waals surface area contributed by atoms with Crippen molar-refractivity contribution in [3.05, 3.63) is 44.6 Å². The van der Waals surface area contributed by atoms with Gasteiger partial charge in [-0.15, -0.1) is 0 Å². The minimum absolute atomic E-state index is 0.200. The number of aryl methyl sites for hydroxylation is 2. The van der Waals surface area contributed by atoms with Crippen LogP contribution in [0.25, 0.3) is 16.0 Å². The highest BCUT2D eigenvalue weighted by atomic mass is 32.1. The topological polar surface area (TPSA) is 66.7 Å². The van der Waals surface area contributed by atoms with Crippen LogP contribution in [0, 0.1) is 13.8 Å². The SMILES string of the molecule is Cc1cc2nc3sc(C(=O)NCCN4CCCCC4C)cc(=O)n3c2cc1C. The smallest absolute Gasteiger partial charge is 0.261 e. The van der Waals surface area contributed by atoms with Crippen molar-refractivity contribution in [2.75, 3.05) is 19.6 Å². The summed E-state index contributed by atoms with van der Waals surface area (Å²) >= 11 is 1.26. The van der Waals surface area contributed by atoms with Crippen LogP contribution < -0.4 is 10.9 Å². The van der Waals surface area contributed by atoms with Crippen LogP contribution in [0.5, 0.6) is 0 Å². The summed E-state index contributed by atoms with van der Waals surface area (Å²) in [4.78, 5) is 33.2. The Labute approximate surface area is 168 Å². The number of hydrogen-bond acceptors (Lipinski definition) is 5. The normalized spacial score (nSPS) is 18.0. The highest BCUT2D eigenvalue weighted by Crippen LogP contribution is 2.22. The molecule has 0 radical (unpaired) electrons. The average Bonchev–Trinajstić information content (AvgIpc) is 3.01. The van der Waals surface area contributed by atoms with Gasteiger partial charge in [-0.25, -0.2) is 4.98 Å². The zero-order valence-corrected chi connectivity index (χ0v) is 17.4. The first-order valence-electron chi connectivity index (χ1n) is 9.90. The number of nitrogens with zero attached hydrogens (tertiary/aromatic N) is 3. The fourth-order valence-electron chi connectivity index (χ4n) is 3.90. The number of likely N-dealkylation sites (tertiary alicyclic amines) is 1. The molecule has 4 rings (SSSR count). The number of fused-ring (bicyclic) bond motifs is 3. The lowest BCUT2D eigenvalue weighted by Crippen LogP contribution is -2.42. The lowest BCUT2D eigenvalue weighted by Gasteiger charge is -2.33. The van der Waals surface area contributed by atoms with E-state index in [-0.39, 0.29) is 11.5 Å². The summed E-state index contributed by atoms with van der Waals surface area (Å²) in [7, 11) is 0. The van der Waals surface area contributed by atoms with Crippen molar-refractivity contribution in [1.82, 2.24) is 19.6 Å². The van der Waals surface area contributed by atoms with E-state index in [0.29, 0.717) is 22.4 Å². The van der Waals surface area contributed by atoms with Crippen LogP contribution in [-0.4, -0.2) is 45.9 Å². The highest BCUT2D eigenvalue weighted by molar-refractivity contribution is 7.18. The van der Waals surface area contributed by atoms with Crippen LogP contribution >= 0.6 is 11.3 Å². The number of rotatable bonds is 4. The number of piperidine rings is 1. The van der Waals surface area contributed by atoms with E-state index in [1.165, 1.54) is 36.7 Å². The van der Waals surface area contributed by atoms with Gasteiger partial charge >= 0.3 is 0 Å². The number of carbonyl (C=O) groups is 1. The van der Waals surface area contributed by atoms with E-state index < -0.39 is 0 Å². The van der Waals surface area contributed by atoms with Crippen molar-refractivity contribution in [1.29, 1.82) is 0 Å². The molecule has 0 spiro atoms. The Bertz CT molecular complexity index is 1100. The monoisotopic (exact) mass is 398 g/mol. The predicted octanol–water partition coefficient (Wildman–Crippen LogP) is 3.13. The molecule has 1 N–H and O–H groups in total. The molecular formula is C21H26N4O2S. The summed E-state index contributed by atoms with van der Waals surface area (Å²) in [5.74, 6) is -0.200. The molecule has 0 aliphatic carbocycles. The molecule has 2 aromatic heterocycles. The molecule has 1 aromatic carbocycles. The molecule has 1 aliphatic heterocycles. The number of amides is 1. The number of carbonyl (C=O) groups excluding carboxylic acids is 1. The van der Waals surface area contributed by atoms with Crippen LogP contribution in [0.4, 0.5) is 0 Å². The van der Waals surface area contributed by atoms with Crippen LogP contribution in [-0.2, 0) is 0 Å². The second-order valence-electron chi connectivity index (χ2n) is 7.74. The van der Waals surface area contributed by atoms with Gasteiger partial charge in [0.25, 0.3) is 11.5 Å². The van der Waals surface area contributed by atoms with E-state index in [0.717, 1.165) is 35.2 Å². The Balaban J connectivity index is 1.54. The third kappa shape index (κ3) is 3.56. The summed E-state index contributed by atoms with van der Waals surface area (Å²) in [5, 5.41) is 2.96. The summed E-state index contributed by atoms with van der Waals surface area (Å²) in [6.07, 6.45) is 3.73. The number of imidazole rings is 1. The quantitative estimate of drug-likeness (QED) is 0.733. The zero-order chi connectivity index (χ0) is 19.8. The third-order valence-electron chi connectivity index (χ3n) is 5.76. The lowest BCUT2D eigenvalue weighted by molar-refractivity contribution is 0.0942. The molecule has 3 aromatic rings. The van der Waals surface area contributed by atoms with Crippen LogP contribution in [0.1, 0.15) is 47.0 Å². The van der Waals surface area contributed by atoms with Crippen molar-refractivity contribution in [3.8, 4) is 0 Å². The molecule has 3 heterocycles. The van der Waals surface area contributed by atoms with Gasteiger partial charge in [-0.2, -0.15) is 0 Å². The van der Waals surface area contributed by atoms with E-state index in [1.807, 2.05) is 26.0 Å². The van der Waals surface area contributed by atoms with Gasteiger partial charge in [-0.1, -0.05) is 17.8 Å². The number of benzene rings is 1. The van der Waals surface area contributed by atoms with Crippen molar-refractivity contribution in [3.63, 3.8) is 0 Å². The van der Waals surface area contributed by atoms with E-state index in [1.54, 1.807) is 4.40 Å². The molecule has 1 atom stereocenters. The molecule has 1 aliphatic rings. The molecule has 0 saturated carbocycles. The molecule has 1 saturated heterocycles. The van der Waals surface area contributed by atoms with E-state index in [4.69, 9.17) is 0 Å². The average molecular weight is 399 g/mol. The van der Waals surface area contributed by atoms with Crippen molar-refractivity contribution < 1.29 is 4.79 Å². The first kappa shape index (κ1) is 19.1. The summed E-state index contributed by atoms with van der Waals surface area (Å²) < 4.78 is 1.60. The highest BCUT2D eigenvalue weighted by Gasteiger charge is 2.18. The molecule has 0 bridgehead atoms. The number of nitrogens with one attached hydrogen (secondary N) is 1. The van der Waals surface area contributed by atoms with Crippen molar-refractivity contribution in [2.45, 2.75) is 46.1 Å². The molecule has 7 heteroatoms. The van der Waals surface area contributed by atoms with E-state index in [9.17, 15) is 9.59 Å². The Hall–Kier alpha value is -2.25. The maximum atomic E-state index is 12.7. The minimum atomic E-state index is -0.214. The fraction of sp³-hybridized carbons (Fsp3) is 0.476. The molecule has 148 valence electrons. The summed E-state index contributed by atoms with van der Waals surface area (Å²) in [6.45, 7) is 8.82. The largest absolute Gasteiger partial charge is 0.350 e. The van der Waals surface area contributed by atoms with Gasteiger partial charge in [0, 0.05) is 25.2 Å². The van der Waals surface area contributed by atoms with E-state index in [2.05, 4.69) is 22.1 Å². The molecule has 28 heavy (non-hydrogen) atoms. The van der Waals surface area contributed by atoms with Gasteiger partial charge in [0.05, 0.1) is 11.0 Å². The van der Waals surface area contributed by atoms with E-state index >= 15 is 0 Å². The standard InChI is InChI=1S/C21H26N4O2S/c1-13-10-16-17(11-14(13)2)25-19(26)12-18(28-21(25)23-16)20(27)22-7-9-24-8-5-4-6-15(24)3/h10-12,15H,4-9H2,1-3H3,(H,22,27). The fourth-order valence-corrected chi connectivity index (χ4v) is 4.84. The Morgan fingerprint density at radius 2 is 2.04 bits per heavy atom. The Kier molecular flexibility index (Phi) is 5.21. The number of hydrogen-bond donors (Lipinski definition) is 1. The maximum Gasteiger partial charge on any atom is 0.261 e. The molecular weight excluding hydrogens is 372 g/mol. The second-order valence-corrected chi connectivity index (χ2v) is 8.75. The van der Waals surface area contributed by atoms with Gasteiger partial charge in [-0.05, 0) is 63.4 Å². The van der Waals surface area contributed by atoms with Gasteiger partial charge in [0.2, 0.25) is 0 Å². The van der Waals surface area contributed by atoms with Crippen LogP contribution in [0.15, 0.2) is 23.0 Å².